The Labute approximate surface area is 169 Å². The van der Waals surface area contributed by atoms with Crippen molar-refractivity contribution in [2.24, 2.45) is 0 Å². The number of anilines is 1. The van der Waals surface area contributed by atoms with Crippen LogP contribution in [-0.4, -0.2) is 22.1 Å². The summed E-state index contributed by atoms with van der Waals surface area (Å²) in [5.41, 5.74) is -0.611. The van der Waals surface area contributed by atoms with Crippen LogP contribution in [0.1, 0.15) is 15.9 Å². The van der Waals surface area contributed by atoms with Crippen molar-refractivity contribution >= 4 is 27.7 Å². The molecule has 3 rings (SSSR count). The van der Waals surface area contributed by atoms with Gasteiger partial charge in [-0.3, -0.25) is 9.48 Å². The number of hydrogen-bond acceptors (Lipinski definition) is 3. The van der Waals surface area contributed by atoms with Crippen LogP contribution in [0, 0.1) is 11.6 Å². The summed E-state index contributed by atoms with van der Waals surface area (Å²) in [7, 11) is 0. The predicted octanol–water partition coefficient (Wildman–Crippen LogP) is 5.12. The van der Waals surface area contributed by atoms with Crippen molar-refractivity contribution in [2.75, 3.05) is 5.32 Å². The first-order valence-electron chi connectivity index (χ1n) is 7.96. The number of carbonyl (C=O) groups is 1. The summed E-state index contributed by atoms with van der Waals surface area (Å²) in [4.78, 5) is 12.1. The van der Waals surface area contributed by atoms with Crippen molar-refractivity contribution in [3.05, 3.63) is 75.9 Å². The van der Waals surface area contributed by atoms with Crippen molar-refractivity contribution in [3.63, 3.8) is 0 Å². The molecule has 29 heavy (non-hydrogen) atoms. The molecule has 1 N–H and O–H groups in total. The second kappa shape index (κ2) is 8.19. The average molecular weight is 476 g/mol. The molecule has 5 nitrogen and oxygen atoms in total. The third-order valence-electron chi connectivity index (χ3n) is 3.69. The Bertz CT molecular complexity index is 1030. The molecule has 0 fully saturated rings. The van der Waals surface area contributed by atoms with Crippen LogP contribution in [0.3, 0.4) is 0 Å². The number of halogens is 6. The minimum Gasteiger partial charge on any atom is -0.405 e. The minimum absolute atomic E-state index is 0.0389. The molecule has 2 aromatic carbocycles. The molecule has 0 atom stereocenters. The van der Waals surface area contributed by atoms with E-state index in [1.54, 1.807) is 0 Å². The Morgan fingerprint density at radius 1 is 1.10 bits per heavy atom. The van der Waals surface area contributed by atoms with Gasteiger partial charge >= 0.3 is 6.36 Å². The quantitative estimate of drug-likeness (QED) is 0.521. The number of ether oxygens (including phenoxy) is 1. The molecule has 0 saturated heterocycles. The third kappa shape index (κ3) is 5.11. The minimum atomic E-state index is -4.87. The maximum Gasteiger partial charge on any atom is 0.573 e. The van der Waals surface area contributed by atoms with E-state index >= 15 is 0 Å². The van der Waals surface area contributed by atoms with Crippen LogP contribution in [-0.2, 0) is 6.54 Å². The summed E-state index contributed by atoms with van der Waals surface area (Å²) in [6, 6.07) is 8.39. The highest BCUT2D eigenvalue weighted by Gasteiger charge is 2.32. The van der Waals surface area contributed by atoms with E-state index in [0.717, 1.165) is 24.3 Å². The zero-order valence-electron chi connectivity index (χ0n) is 14.3. The molecule has 1 aromatic heterocycles. The zero-order chi connectivity index (χ0) is 21.2. The average Bonchev–Trinajstić information content (AvgIpc) is 3.03. The van der Waals surface area contributed by atoms with Gasteiger partial charge in [0.25, 0.3) is 5.91 Å². The number of rotatable bonds is 5. The number of nitrogens with one attached hydrogen (secondary N) is 1. The SMILES string of the molecule is O=C(Nc1ccn(Cc2c(Br)cccc2OC(F)(F)F)n1)c1c(F)cccc1F. The molecule has 11 heteroatoms. The summed E-state index contributed by atoms with van der Waals surface area (Å²) < 4.78 is 70.8. The lowest BCUT2D eigenvalue weighted by Gasteiger charge is -2.14. The van der Waals surface area contributed by atoms with Crippen LogP contribution in [0.5, 0.6) is 5.75 Å². The molecule has 0 radical (unpaired) electrons. The fourth-order valence-electron chi connectivity index (χ4n) is 2.48. The lowest BCUT2D eigenvalue weighted by Crippen LogP contribution is -2.19. The molecule has 0 aliphatic carbocycles. The van der Waals surface area contributed by atoms with Crippen molar-refractivity contribution in [3.8, 4) is 5.75 Å². The molecule has 0 aliphatic heterocycles. The maximum atomic E-state index is 13.7. The van der Waals surface area contributed by atoms with Gasteiger partial charge < -0.3 is 10.1 Å². The van der Waals surface area contributed by atoms with Crippen molar-refractivity contribution in [1.29, 1.82) is 0 Å². The second-order valence-electron chi connectivity index (χ2n) is 5.71. The van der Waals surface area contributed by atoms with Crippen LogP contribution < -0.4 is 10.1 Å². The summed E-state index contributed by atoms with van der Waals surface area (Å²) in [5.74, 6) is -3.58. The highest BCUT2D eigenvalue weighted by atomic mass is 79.9. The molecule has 0 saturated carbocycles. The Hall–Kier alpha value is -2.95. The first-order chi connectivity index (χ1) is 13.6. The van der Waals surface area contributed by atoms with Gasteiger partial charge in [0.2, 0.25) is 0 Å². The number of aromatic nitrogens is 2. The molecular formula is C18H11BrF5N3O2. The lowest BCUT2D eigenvalue weighted by molar-refractivity contribution is -0.274. The number of amides is 1. The second-order valence-corrected chi connectivity index (χ2v) is 6.57. The standard InChI is InChI=1S/C18H11BrF5N3O2/c19-11-3-1-6-14(29-18(22,23)24)10(11)9-27-8-7-15(26-27)25-17(28)16-12(20)4-2-5-13(16)21/h1-8H,9H2,(H,25,26,28). The number of benzene rings is 2. The molecule has 1 heterocycles. The smallest absolute Gasteiger partial charge is 0.405 e. The van der Waals surface area contributed by atoms with Crippen LogP contribution in [0.25, 0.3) is 0 Å². The summed E-state index contributed by atoms with van der Waals surface area (Å²) >= 11 is 3.16. The van der Waals surface area contributed by atoms with E-state index < -0.39 is 35.2 Å². The Morgan fingerprint density at radius 3 is 2.41 bits per heavy atom. The van der Waals surface area contributed by atoms with Crippen LogP contribution in [0.4, 0.5) is 27.8 Å². The van der Waals surface area contributed by atoms with E-state index in [2.05, 4.69) is 31.1 Å². The Morgan fingerprint density at radius 2 is 1.76 bits per heavy atom. The van der Waals surface area contributed by atoms with Gasteiger partial charge in [0.15, 0.2) is 5.82 Å². The van der Waals surface area contributed by atoms with E-state index in [9.17, 15) is 26.7 Å². The van der Waals surface area contributed by atoms with Gasteiger partial charge in [-0.2, -0.15) is 5.10 Å². The molecule has 3 aromatic rings. The molecule has 0 unspecified atom stereocenters. The van der Waals surface area contributed by atoms with Gasteiger partial charge in [0, 0.05) is 22.3 Å². The summed E-state index contributed by atoms with van der Waals surface area (Å²) in [5, 5.41) is 6.23. The Balaban J connectivity index is 1.79. The lowest BCUT2D eigenvalue weighted by atomic mass is 10.2. The first kappa shape index (κ1) is 20.8. The van der Waals surface area contributed by atoms with Crippen molar-refractivity contribution in [2.45, 2.75) is 12.9 Å². The van der Waals surface area contributed by atoms with Gasteiger partial charge in [0.1, 0.15) is 22.9 Å². The molecular weight excluding hydrogens is 465 g/mol. The normalized spacial score (nSPS) is 11.4. The number of alkyl halides is 3. The van der Waals surface area contributed by atoms with E-state index in [4.69, 9.17) is 0 Å². The Kier molecular flexibility index (Phi) is 5.87. The zero-order valence-corrected chi connectivity index (χ0v) is 15.9. The highest BCUT2D eigenvalue weighted by molar-refractivity contribution is 9.10. The van der Waals surface area contributed by atoms with Crippen molar-refractivity contribution in [1.82, 2.24) is 9.78 Å². The van der Waals surface area contributed by atoms with E-state index in [1.807, 2.05) is 0 Å². The third-order valence-corrected chi connectivity index (χ3v) is 4.44. The topological polar surface area (TPSA) is 56.2 Å². The van der Waals surface area contributed by atoms with Crippen LogP contribution in [0.15, 0.2) is 53.1 Å². The first-order valence-corrected chi connectivity index (χ1v) is 8.75. The fourth-order valence-corrected chi connectivity index (χ4v) is 2.96. The van der Waals surface area contributed by atoms with Gasteiger partial charge in [0.05, 0.1) is 6.54 Å². The molecule has 0 bridgehead atoms. The predicted molar refractivity (Wildman–Crippen MR) is 96.5 cm³/mol. The summed E-state index contributed by atoms with van der Waals surface area (Å²) in [6.07, 6.45) is -3.49. The number of hydrogen-bond donors (Lipinski definition) is 1. The number of nitrogens with zero attached hydrogens (tertiary/aromatic N) is 2. The van der Waals surface area contributed by atoms with E-state index in [-0.39, 0.29) is 17.9 Å². The van der Waals surface area contributed by atoms with Gasteiger partial charge in [-0.05, 0) is 24.3 Å². The fraction of sp³-hybridized carbons (Fsp3) is 0.111. The molecule has 0 aliphatic rings. The largest absolute Gasteiger partial charge is 0.573 e. The molecule has 0 spiro atoms. The van der Waals surface area contributed by atoms with Gasteiger partial charge in [-0.25, -0.2) is 8.78 Å². The molecule has 152 valence electrons. The van der Waals surface area contributed by atoms with E-state index in [1.165, 1.54) is 29.1 Å². The monoisotopic (exact) mass is 475 g/mol. The summed E-state index contributed by atoms with van der Waals surface area (Å²) in [6.45, 7) is -0.128. The molecule has 1 amide bonds. The number of carbonyl (C=O) groups excluding carboxylic acids is 1. The highest BCUT2D eigenvalue weighted by Crippen LogP contribution is 2.32. The van der Waals surface area contributed by atoms with Gasteiger partial charge in [-0.15, -0.1) is 13.2 Å². The van der Waals surface area contributed by atoms with E-state index in [0.29, 0.717) is 4.47 Å². The van der Waals surface area contributed by atoms with Crippen LogP contribution >= 0.6 is 15.9 Å². The van der Waals surface area contributed by atoms with Gasteiger partial charge in [-0.1, -0.05) is 28.1 Å². The maximum absolute atomic E-state index is 13.7. The van der Waals surface area contributed by atoms with Crippen LogP contribution in [0.2, 0.25) is 0 Å². The van der Waals surface area contributed by atoms with Crippen molar-refractivity contribution < 1.29 is 31.5 Å².